The Labute approximate surface area is 143 Å². The number of aromatic nitrogens is 2. The second-order valence-electron chi connectivity index (χ2n) is 5.66. The molecule has 0 saturated carbocycles. The number of nitrogens with zero attached hydrogens (tertiary/aromatic N) is 2. The SMILES string of the molecule is O=C(NC[C@H]1CCCO1)c1nc(COc2ccc3c(c2)OCO3)no1. The lowest BCUT2D eigenvalue weighted by Gasteiger charge is -2.08. The van der Waals surface area contributed by atoms with Gasteiger partial charge in [0.25, 0.3) is 0 Å². The van der Waals surface area contributed by atoms with E-state index in [2.05, 4.69) is 15.5 Å². The van der Waals surface area contributed by atoms with Gasteiger partial charge in [-0.15, -0.1) is 0 Å². The number of carbonyl (C=O) groups is 1. The maximum Gasteiger partial charge on any atom is 0.316 e. The van der Waals surface area contributed by atoms with Crippen molar-refractivity contribution in [1.82, 2.24) is 15.5 Å². The fourth-order valence-corrected chi connectivity index (χ4v) is 2.61. The maximum absolute atomic E-state index is 12.0. The molecule has 0 spiro atoms. The number of benzene rings is 1. The molecule has 1 aromatic heterocycles. The summed E-state index contributed by atoms with van der Waals surface area (Å²) in [5, 5.41) is 6.47. The van der Waals surface area contributed by atoms with E-state index >= 15 is 0 Å². The third kappa shape index (κ3) is 3.66. The standard InChI is InChI=1S/C16H17N3O6/c20-15(17-7-11-2-1-5-21-11)16-18-14(19-25-16)8-22-10-3-4-12-13(6-10)24-9-23-12/h3-4,6,11H,1-2,5,7-9H2,(H,17,20)/t11-/m1/s1. The highest BCUT2D eigenvalue weighted by Gasteiger charge is 2.20. The Kier molecular flexibility index (Phi) is 4.38. The summed E-state index contributed by atoms with van der Waals surface area (Å²) in [5.41, 5.74) is 0. The van der Waals surface area contributed by atoms with Crippen LogP contribution in [-0.2, 0) is 11.3 Å². The molecule has 132 valence electrons. The van der Waals surface area contributed by atoms with Gasteiger partial charge in [0.15, 0.2) is 18.1 Å². The Hall–Kier alpha value is -2.81. The quantitative estimate of drug-likeness (QED) is 0.833. The third-order valence-corrected chi connectivity index (χ3v) is 3.89. The Balaban J connectivity index is 1.29. The van der Waals surface area contributed by atoms with Gasteiger partial charge in [-0.1, -0.05) is 5.16 Å². The number of hydrogen-bond acceptors (Lipinski definition) is 8. The van der Waals surface area contributed by atoms with Crippen molar-refractivity contribution in [1.29, 1.82) is 0 Å². The van der Waals surface area contributed by atoms with Crippen LogP contribution in [0.25, 0.3) is 0 Å². The maximum atomic E-state index is 12.0. The van der Waals surface area contributed by atoms with Crippen LogP contribution in [0.15, 0.2) is 22.7 Å². The normalized spacial score (nSPS) is 18.3. The van der Waals surface area contributed by atoms with E-state index in [9.17, 15) is 4.79 Å². The van der Waals surface area contributed by atoms with Crippen LogP contribution in [0, 0.1) is 0 Å². The molecule has 25 heavy (non-hydrogen) atoms. The molecule has 1 N–H and O–H groups in total. The van der Waals surface area contributed by atoms with Crippen molar-refractivity contribution >= 4 is 5.91 Å². The molecule has 4 rings (SSSR count). The van der Waals surface area contributed by atoms with Crippen molar-refractivity contribution in [2.75, 3.05) is 19.9 Å². The molecule has 0 bridgehead atoms. The summed E-state index contributed by atoms with van der Waals surface area (Å²) >= 11 is 0. The molecule has 9 nitrogen and oxygen atoms in total. The molecule has 2 aliphatic rings. The van der Waals surface area contributed by atoms with E-state index < -0.39 is 5.91 Å². The summed E-state index contributed by atoms with van der Waals surface area (Å²) in [6.07, 6.45) is 2.02. The smallest absolute Gasteiger partial charge is 0.316 e. The lowest BCUT2D eigenvalue weighted by molar-refractivity contribution is 0.0822. The first-order valence-electron chi connectivity index (χ1n) is 8.03. The van der Waals surface area contributed by atoms with E-state index in [0.717, 1.165) is 19.4 Å². The highest BCUT2D eigenvalue weighted by Crippen LogP contribution is 2.35. The molecule has 0 unspecified atom stereocenters. The van der Waals surface area contributed by atoms with Gasteiger partial charge >= 0.3 is 11.8 Å². The van der Waals surface area contributed by atoms with Crippen LogP contribution in [0.1, 0.15) is 29.4 Å². The van der Waals surface area contributed by atoms with Crippen LogP contribution in [0.4, 0.5) is 0 Å². The van der Waals surface area contributed by atoms with Crippen LogP contribution in [0.3, 0.4) is 0 Å². The van der Waals surface area contributed by atoms with Crippen molar-refractivity contribution in [2.45, 2.75) is 25.6 Å². The fourth-order valence-electron chi connectivity index (χ4n) is 2.61. The lowest BCUT2D eigenvalue weighted by atomic mass is 10.2. The zero-order valence-electron chi connectivity index (χ0n) is 13.4. The second-order valence-corrected chi connectivity index (χ2v) is 5.66. The van der Waals surface area contributed by atoms with E-state index in [1.165, 1.54) is 0 Å². The molecule has 1 amide bonds. The predicted octanol–water partition coefficient (Wildman–Crippen LogP) is 1.29. The highest BCUT2D eigenvalue weighted by molar-refractivity contribution is 5.89. The van der Waals surface area contributed by atoms with Crippen molar-refractivity contribution in [3.8, 4) is 17.2 Å². The van der Waals surface area contributed by atoms with Crippen molar-refractivity contribution < 1.29 is 28.3 Å². The summed E-state index contributed by atoms with van der Waals surface area (Å²) in [6, 6.07) is 5.23. The molecular weight excluding hydrogens is 330 g/mol. The average Bonchev–Trinajstić information content (AvgIpc) is 3.39. The molecule has 2 aromatic rings. The number of carbonyl (C=O) groups excluding carboxylic acids is 1. The van der Waals surface area contributed by atoms with Gasteiger partial charge < -0.3 is 28.8 Å². The summed E-state index contributed by atoms with van der Waals surface area (Å²) < 4.78 is 26.5. The van der Waals surface area contributed by atoms with Gasteiger partial charge in [-0.3, -0.25) is 4.79 Å². The fraction of sp³-hybridized carbons (Fsp3) is 0.438. The van der Waals surface area contributed by atoms with E-state index in [1.807, 2.05) is 0 Å². The van der Waals surface area contributed by atoms with E-state index in [0.29, 0.717) is 23.8 Å². The summed E-state index contributed by atoms with van der Waals surface area (Å²) in [5.74, 6) is 1.65. The van der Waals surface area contributed by atoms with Gasteiger partial charge in [-0.2, -0.15) is 4.98 Å². The first-order chi connectivity index (χ1) is 12.3. The summed E-state index contributed by atoms with van der Waals surface area (Å²) in [7, 11) is 0. The third-order valence-electron chi connectivity index (χ3n) is 3.89. The van der Waals surface area contributed by atoms with Gasteiger partial charge in [0.05, 0.1) is 6.10 Å². The minimum atomic E-state index is -0.419. The lowest BCUT2D eigenvalue weighted by Crippen LogP contribution is -2.31. The van der Waals surface area contributed by atoms with Crippen molar-refractivity contribution in [3.05, 3.63) is 29.9 Å². The van der Waals surface area contributed by atoms with Crippen LogP contribution in [-0.4, -0.2) is 42.1 Å². The van der Waals surface area contributed by atoms with Crippen LogP contribution in [0.2, 0.25) is 0 Å². The van der Waals surface area contributed by atoms with Gasteiger partial charge in [-0.25, -0.2) is 0 Å². The predicted molar refractivity (Wildman–Crippen MR) is 82.5 cm³/mol. The molecule has 9 heteroatoms. The molecule has 0 aliphatic carbocycles. The zero-order valence-corrected chi connectivity index (χ0v) is 13.4. The summed E-state index contributed by atoms with van der Waals surface area (Å²) in [6.45, 7) is 1.45. The number of fused-ring (bicyclic) bond motifs is 1. The van der Waals surface area contributed by atoms with Gasteiger partial charge in [0.2, 0.25) is 12.6 Å². The molecule has 0 radical (unpaired) electrons. The minimum Gasteiger partial charge on any atom is -0.485 e. The Bertz CT molecular complexity index is 756. The number of ether oxygens (including phenoxy) is 4. The minimum absolute atomic E-state index is 0.0562. The monoisotopic (exact) mass is 347 g/mol. The molecule has 3 heterocycles. The van der Waals surface area contributed by atoms with Crippen molar-refractivity contribution in [3.63, 3.8) is 0 Å². The Morgan fingerprint density at radius 2 is 2.24 bits per heavy atom. The zero-order chi connectivity index (χ0) is 17.1. The van der Waals surface area contributed by atoms with E-state index in [4.69, 9.17) is 23.5 Å². The largest absolute Gasteiger partial charge is 0.485 e. The number of rotatable bonds is 6. The van der Waals surface area contributed by atoms with Crippen LogP contribution < -0.4 is 19.5 Å². The molecule has 2 aliphatic heterocycles. The Morgan fingerprint density at radius 3 is 3.12 bits per heavy atom. The van der Waals surface area contributed by atoms with Crippen LogP contribution >= 0.6 is 0 Å². The van der Waals surface area contributed by atoms with E-state index in [1.54, 1.807) is 18.2 Å². The molecule has 1 fully saturated rings. The molecular formula is C16H17N3O6. The number of nitrogens with one attached hydrogen (secondary N) is 1. The average molecular weight is 347 g/mol. The van der Waals surface area contributed by atoms with Gasteiger partial charge in [-0.05, 0) is 25.0 Å². The molecule has 1 atom stereocenters. The number of amides is 1. The van der Waals surface area contributed by atoms with Crippen LogP contribution in [0.5, 0.6) is 17.2 Å². The topological polar surface area (TPSA) is 105 Å². The second kappa shape index (κ2) is 6.98. The first kappa shape index (κ1) is 15.7. The highest BCUT2D eigenvalue weighted by atomic mass is 16.7. The number of hydrogen-bond donors (Lipinski definition) is 1. The summed E-state index contributed by atoms with van der Waals surface area (Å²) in [4.78, 5) is 16.0. The van der Waals surface area contributed by atoms with Crippen molar-refractivity contribution in [2.24, 2.45) is 0 Å². The molecule has 1 saturated heterocycles. The van der Waals surface area contributed by atoms with Gasteiger partial charge in [0.1, 0.15) is 5.75 Å². The molecule has 1 aromatic carbocycles. The first-order valence-corrected chi connectivity index (χ1v) is 8.03. The van der Waals surface area contributed by atoms with Gasteiger partial charge in [0, 0.05) is 19.2 Å². The Morgan fingerprint density at radius 1 is 1.32 bits per heavy atom. The van der Waals surface area contributed by atoms with E-state index in [-0.39, 0.29) is 31.2 Å².